The van der Waals surface area contributed by atoms with Gasteiger partial charge in [-0.3, -0.25) is 4.79 Å². The summed E-state index contributed by atoms with van der Waals surface area (Å²) in [6.45, 7) is 1.86. The molecule has 67 valence electrons. The van der Waals surface area contributed by atoms with Crippen molar-refractivity contribution < 1.29 is 19.9 Å². The molecule has 1 rings (SSSR count). The van der Waals surface area contributed by atoms with Gasteiger partial charge in [0.15, 0.2) is 5.78 Å². The van der Waals surface area contributed by atoms with Crippen LogP contribution in [0.4, 0.5) is 0 Å². The zero-order chi connectivity index (χ0) is 10.1. The molecule has 0 amide bonds. The van der Waals surface area contributed by atoms with Gasteiger partial charge in [-0.2, -0.15) is 0 Å². The fourth-order valence-corrected chi connectivity index (χ4v) is 0.777. The molecule has 0 atom stereocenters. The SMILES string of the molecule is CCC(=O)c1cc[c]cc1.[Cl][Zn][Cl]. The van der Waals surface area contributed by atoms with Crippen LogP contribution in [0.2, 0.25) is 0 Å². The minimum atomic E-state index is -0.931. The molecule has 0 aliphatic carbocycles. The predicted molar refractivity (Wildman–Crippen MR) is 51.6 cm³/mol. The summed E-state index contributed by atoms with van der Waals surface area (Å²) < 4.78 is 0. The van der Waals surface area contributed by atoms with Crippen molar-refractivity contribution in [3.05, 3.63) is 35.9 Å². The number of carbonyl (C=O) groups is 1. The van der Waals surface area contributed by atoms with Crippen molar-refractivity contribution in [2.45, 2.75) is 13.3 Å². The molecule has 1 radical (unpaired) electrons. The first kappa shape index (κ1) is 13.1. The molecule has 0 aliphatic rings. The van der Waals surface area contributed by atoms with Crippen LogP contribution in [-0.4, -0.2) is 5.78 Å². The van der Waals surface area contributed by atoms with Crippen molar-refractivity contribution >= 4 is 25.2 Å². The number of ketones is 1. The van der Waals surface area contributed by atoms with Crippen LogP contribution < -0.4 is 0 Å². The Morgan fingerprint density at radius 3 is 2.31 bits per heavy atom. The fraction of sp³-hybridized carbons (Fsp3) is 0.222. The molecule has 0 unspecified atom stereocenters. The van der Waals surface area contributed by atoms with E-state index in [9.17, 15) is 4.79 Å². The van der Waals surface area contributed by atoms with Gasteiger partial charge in [0.2, 0.25) is 0 Å². The summed E-state index contributed by atoms with van der Waals surface area (Å²) in [4.78, 5) is 11.0. The van der Waals surface area contributed by atoms with Gasteiger partial charge in [-0.1, -0.05) is 31.2 Å². The van der Waals surface area contributed by atoms with Crippen molar-refractivity contribution in [2.75, 3.05) is 0 Å². The third kappa shape index (κ3) is 6.20. The van der Waals surface area contributed by atoms with Gasteiger partial charge in [0.25, 0.3) is 0 Å². The van der Waals surface area contributed by atoms with E-state index in [0.29, 0.717) is 6.42 Å². The second kappa shape index (κ2) is 8.68. The molecule has 4 heteroatoms. The molecule has 0 bridgehead atoms. The molecule has 0 spiro atoms. The topological polar surface area (TPSA) is 17.1 Å². The van der Waals surface area contributed by atoms with Crippen LogP contribution >= 0.6 is 19.4 Å². The molecule has 0 saturated heterocycles. The van der Waals surface area contributed by atoms with Crippen LogP contribution in [0, 0.1) is 6.07 Å². The number of hydrogen-bond acceptors (Lipinski definition) is 1. The first-order valence-electron chi connectivity index (χ1n) is 3.87. The molecule has 13 heavy (non-hydrogen) atoms. The predicted octanol–water partition coefficient (Wildman–Crippen LogP) is 3.46. The van der Waals surface area contributed by atoms with E-state index in [1.165, 1.54) is 0 Å². The summed E-state index contributed by atoms with van der Waals surface area (Å²) in [5.74, 6) is 0.189. The fourth-order valence-electron chi connectivity index (χ4n) is 0.777. The van der Waals surface area contributed by atoms with Crippen LogP contribution in [-0.2, 0) is 15.1 Å². The number of hydrogen-bond donors (Lipinski definition) is 0. The Hall–Kier alpha value is 0.0934. The van der Waals surface area contributed by atoms with Gasteiger partial charge in [0.1, 0.15) is 0 Å². The summed E-state index contributed by atoms with van der Waals surface area (Å²) in [6.07, 6.45) is 0.573. The van der Waals surface area contributed by atoms with Gasteiger partial charge in [-0.15, -0.1) is 0 Å². The third-order valence-corrected chi connectivity index (χ3v) is 1.36. The van der Waals surface area contributed by atoms with E-state index >= 15 is 0 Å². The van der Waals surface area contributed by atoms with E-state index in [-0.39, 0.29) is 5.78 Å². The zero-order valence-electron chi connectivity index (χ0n) is 7.39. The van der Waals surface area contributed by atoms with Crippen molar-refractivity contribution in [1.82, 2.24) is 0 Å². The van der Waals surface area contributed by atoms with Crippen molar-refractivity contribution in [1.29, 1.82) is 0 Å². The Kier molecular flexibility index (Phi) is 8.74. The first-order valence-corrected chi connectivity index (χ1v) is 11.7. The van der Waals surface area contributed by atoms with Crippen LogP contribution in [0.15, 0.2) is 24.3 Å². The van der Waals surface area contributed by atoms with E-state index < -0.39 is 15.1 Å². The Morgan fingerprint density at radius 1 is 1.46 bits per heavy atom. The van der Waals surface area contributed by atoms with Gasteiger partial charge in [0.05, 0.1) is 0 Å². The molecule has 0 saturated carbocycles. The van der Waals surface area contributed by atoms with E-state index in [1.807, 2.05) is 6.92 Å². The average Bonchev–Trinajstić information content (AvgIpc) is 2.19. The molecule has 0 aromatic heterocycles. The van der Waals surface area contributed by atoms with Crippen LogP contribution in [0.3, 0.4) is 0 Å². The summed E-state index contributed by atoms with van der Waals surface area (Å²) in [6, 6.07) is 9.93. The maximum absolute atomic E-state index is 11.0. The van der Waals surface area contributed by atoms with Crippen molar-refractivity contribution in [3.8, 4) is 0 Å². The zero-order valence-corrected chi connectivity index (χ0v) is 11.9. The molecule has 0 heterocycles. The molecule has 0 N–H and O–H groups in total. The van der Waals surface area contributed by atoms with Gasteiger partial charge < -0.3 is 0 Å². The second-order valence-electron chi connectivity index (χ2n) is 2.17. The van der Waals surface area contributed by atoms with Crippen molar-refractivity contribution in [3.63, 3.8) is 0 Å². The molecule has 1 aromatic carbocycles. The van der Waals surface area contributed by atoms with Gasteiger partial charge >= 0.3 is 34.5 Å². The van der Waals surface area contributed by atoms with E-state index in [1.54, 1.807) is 24.3 Å². The monoisotopic (exact) mass is 267 g/mol. The minimum absolute atomic E-state index is 0.189. The van der Waals surface area contributed by atoms with E-state index in [0.717, 1.165) is 5.56 Å². The Morgan fingerprint density at radius 2 is 1.92 bits per heavy atom. The summed E-state index contributed by atoms with van der Waals surface area (Å²) >= 11 is -0.931. The van der Waals surface area contributed by atoms with E-state index in [4.69, 9.17) is 19.4 Å². The number of rotatable bonds is 2. The Bertz CT molecular complexity index is 239. The summed E-state index contributed by atoms with van der Waals surface area (Å²) in [7, 11) is 9.90. The van der Waals surface area contributed by atoms with Crippen molar-refractivity contribution in [2.24, 2.45) is 0 Å². The number of Topliss-reactive ketones (excluding diaryl/α,β-unsaturated/α-hetero) is 1. The quantitative estimate of drug-likeness (QED) is 0.593. The van der Waals surface area contributed by atoms with E-state index in [2.05, 4.69) is 6.07 Å². The van der Waals surface area contributed by atoms with Crippen LogP contribution in [0.5, 0.6) is 0 Å². The molecule has 0 fully saturated rings. The molecule has 1 nitrogen and oxygen atoms in total. The first-order chi connectivity index (χ1) is 6.26. The van der Waals surface area contributed by atoms with Gasteiger partial charge in [-0.05, 0) is 6.07 Å². The normalized spacial score (nSPS) is 7.92. The van der Waals surface area contributed by atoms with Crippen LogP contribution in [0.25, 0.3) is 0 Å². The molecular weight excluding hydrogens is 260 g/mol. The maximum atomic E-state index is 11.0. The number of carbonyl (C=O) groups excluding carboxylic acids is 1. The van der Waals surface area contributed by atoms with Gasteiger partial charge in [0, 0.05) is 12.0 Å². The Labute approximate surface area is 94.1 Å². The molecular formula is C9H9Cl2OZn. The summed E-state index contributed by atoms with van der Waals surface area (Å²) in [5.41, 5.74) is 0.779. The molecule has 0 aliphatic heterocycles. The van der Waals surface area contributed by atoms with Gasteiger partial charge in [-0.25, -0.2) is 0 Å². The average molecular weight is 269 g/mol. The second-order valence-corrected chi connectivity index (χ2v) is 6.79. The Balaban J connectivity index is 0.000000424. The summed E-state index contributed by atoms with van der Waals surface area (Å²) in [5, 5.41) is 0. The number of halogens is 2. The van der Waals surface area contributed by atoms with Crippen LogP contribution in [0.1, 0.15) is 23.7 Å². The molecule has 1 aromatic rings. The number of benzene rings is 1. The standard InChI is InChI=1S/C9H9O.2ClH.Zn/c1-2-9(10)8-6-4-3-5-7-8;;;/h4-7H,2H2,1H3;2*1H;/q;;;+2/p-2. The third-order valence-electron chi connectivity index (χ3n) is 1.36.